The summed E-state index contributed by atoms with van der Waals surface area (Å²) in [5.41, 5.74) is 1.74. The first-order valence-corrected chi connectivity index (χ1v) is 8.51. The predicted octanol–water partition coefficient (Wildman–Crippen LogP) is 4.35. The topological polar surface area (TPSA) is 38.8 Å². The molecule has 1 atom stereocenters. The number of benzene rings is 2. The van der Waals surface area contributed by atoms with Gasteiger partial charge >= 0.3 is 0 Å². The molecule has 2 heterocycles. The number of halogens is 2. The third-order valence-electron chi connectivity index (χ3n) is 4.51. The molecule has 2 aromatic carbocycles. The molecule has 4 rings (SSSR count). The van der Waals surface area contributed by atoms with Crippen molar-refractivity contribution in [3.05, 3.63) is 57.6 Å². The summed E-state index contributed by atoms with van der Waals surface area (Å²) in [6, 6.07) is 11.0. The fourth-order valence-corrected chi connectivity index (χ4v) is 3.49. The van der Waals surface area contributed by atoms with Crippen LogP contribution in [-0.4, -0.2) is 30.7 Å². The number of nitrogens with zero attached hydrogens (tertiary/aromatic N) is 1. The molecule has 1 saturated heterocycles. The Labute approximate surface area is 149 Å². The van der Waals surface area contributed by atoms with Crippen molar-refractivity contribution in [2.75, 3.05) is 19.9 Å². The molecule has 2 aromatic rings. The molecule has 1 amide bonds. The number of likely N-dealkylation sites (tertiary alicyclic amines) is 1. The molecule has 124 valence electrons. The highest BCUT2D eigenvalue weighted by Crippen LogP contribution is 2.37. The molecular weight excluding hydrogens is 349 g/mol. The van der Waals surface area contributed by atoms with Gasteiger partial charge in [0, 0.05) is 24.6 Å². The number of fused-ring (bicyclic) bond motifs is 1. The number of carbonyl (C=O) groups excluding carboxylic acids is 1. The van der Waals surface area contributed by atoms with Crippen LogP contribution in [0.25, 0.3) is 0 Å². The maximum atomic E-state index is 12.7. The lowest BCUT2D eigenvalue weighted by Gasteiger charge is -2.17. The highest BCUT2D eigenvalue weighted by atomic mass is 35.5. The minimum atomic E-state index is -0.0168. The van der Waals surface area contributed by atoms with Gasteiger partial charge in [-0.15, -0.1) is 0 Å². The van der Waals surface area contributed by atoms with E-state index in [1.807, 2.05) is 23.1 Å². The van der Waals surface area contributed by atoms with Crippen molar-refractivity contribution in [1.82, 2.24) is 4.90 Å². The minimum Gasteiger partial charge on any atom is -0.454 e. The number of carbonyl (C=O) groups is 1. The average molecular weight is 364 g/mol. The molecule has 0 N–H and O–H groups in total. The summed E-state index contributed by atoms with van der Waals surface area (Å²) in [6.45, 7) is 1.67. The fourth-order valence-electron chi connectivity index (χ4n) is 3.20. The van der Waals surface area contributed by atoms with E-state index in [4.69, 9.17) is 32.7 Å². The molecule has 1 fully saturated rings. The van der Waals surface area contributed by atoms with Crippen LogP contribution in [-0.2, 0) is 0 Å². The second-order valence-electron chi connectivity index (χ2n) is 5.98. The van der Waals surface area contributed by atoms with Crippen LogP contribution in [0.4, 0.5) is 0 Å². The minimum absolute atomic E-state index is 0.0168. The van der Waals surface area contributed by atoms with E-state index < -0.39 is 0 Å². The first-order valence-electron chi connectivity index (χ1n) is 7.75. The molecule has 24 heavy (non-hydrogen) atoms. The van der Waals surface area contributed by atoms with E-state index in [2.05, 4.69) is 0 Å². The standard InChI is InChI=1S/C18H15Cl2NO3/c19-14-3-1-12(7-15(14)20)18(22)21-6-5-13(9-21)11-2-4-16-17(8-11)24-10-23-16/h1-4,7-8,13H,5-6,9-10H2/t13-/m1/s1. The molecule has 0 aromatic heterocycles. The van der Waals surface area contributed by atoms with Crippen LogP contribution < -0.4 is 9.47 Å². The second kappa shape index (κ2) is 6.19. The SMILES string of the molecule is O=C(c1ccc(Cl)c(Cl)c1)N1CC[C@@H](c2ccc3c(c2)OCO3)C1. The predicted molar refractivity (Wildman–Crippen MR) is 92.3 cm³/mol. The summed E-state index contributed by atoms with van der Waals surface area (Å²) in [5, 5.41) is 0.849. The van der Waals surface area contributed by atoms with Crippen molar-refractivity contribution in [2.24, 2.45) is 0 Å². The van der Waals surface area contributed by atoms with Gasteiger partial charge in [0.2, 0.25) is 6.79 Å². The van der Waals surface area contributed by atoms with Gasteiger partial charge in [0.15, 0.2) is 11.5 Å². The second-order valence-corrected chi connectivity index (χ2v) is 6.79. The summed E-state index contributed by atoms with van der Waals surface area (Å²) in [5.74, 6) is 1.84. The molecule has 6 heteroatoms. The van der Waals surface area contributed by atoms with E-state index in [0.717, 1.165) is 24.5 Å². The quantitative estimate of drug-likeness (QED) is 0.795. The summed E-state index contributed by atoms with van der Waals surface area (Å²) < 4.78 is 10.8. The Kier molecular flexibility index (Phi) is 4.02. The van der Waals surface area contributed by atoms with Crippen molar-refractivity contribution in [3.63, 3.8) is 0 Å². The molecule has 0 aliphatic carbocycles. The lowest BCUT2D eigenvalue weighted by Crippen LogP contribution is -2.28. The van der Waals surface area contributed by atoms with Crippen LogP contribution in [0, 0.1) is 0 Å². The number of hydrogen-bond donors (Lipinski definition) is 0. The normalized spacial score (nSPS) is 18.9. The van der Waals surface area contributed by atoms with Gasteiger partial charge in [-0.25, -0.2) is 0 Å². The van der Waals surface area contributed by atoms with E-state index in [9.17, 15) is 4.79 Å². The van der Waals surface area contributed by atoms with Gasteiger partial charge in [-0.1, -0.05) is 29.3 Å². The van der Waals surface area contributed by atoms with Crippen molar-refractivity contribution in [3.8, 4) is 11.5 Å². The molecule has 0 spiro atoms. The average Bonchev–Trinajstić information content (AvgIpc) is 3.24. The summed E-state index contributed by atoms with van der Waals surface area (Å²) in [7, 11) is 0. The van der Waals surface area contributed by atoms with Gasteiger partial charge in [0.25, 0.3) is 5.91 Å². The first-order chi connectivity index (χ1) is 11.6. The Hall–Kier alpha value is -1.91. The Morgan fingerprint density at radius 3 is 2.71 bits per heavy atom. The van der Waals surface area contributed by atoms with Crippen molar-refractivity contribution in [1.29, 1.82) is 0 Å². The highest BCUT2D eigenvalue weighted by Gasteiger charge is 2.29. The zero-order valence-corrected chi connectivity index (χ0v) is 14.3. The lowest BCUT2D eigenvalue weighted by atomic mass is 9.98. The van der Waals surface area contributed by atoms with Crippen LogP contribution in [0.15, 0.2) is 36.4 Å². The van der Waals surface area contributed by atoms with Crippen molar-refractivity contribution >= 4 is 29.1 Å². The molecule has 0 unspecified atom stereocenters. The van der Waals surface area contributed by atoms with E-state index in [1.165, 1.54) is 5.56 Å². The number of hydrogen-bond acceptors (Lipinski definition) is 3. The highest BCUT2D eigenvalue weighted by molar-refractivity contribution is 6.42. The third-order valence-corrected chi connectivity index (χ3v) is 5.25. The van der Waals surface area contributed by atoms with Crippen LogP contribution in [0.5, 0.6) is 11.5 Å². The van der Waals surface area contributed by atoms with Crippen LogP contribution >= 0.6 is 23.2 Å². The van der Waals surface area contributed by atoms with Gasteiger partial charge < -0.3 is 14.4 Å². The number of amides is 1. The Balaban J connectivity index is 1.49. The zero-order valence-electron chi connectivity index (χ0n) is 12.8. The molecule has 0 radical (unpaired) electrons. The van der Waals surface area contributed by atoms with Gasteiger partial charge in [-0.3, -0.25) is 4.79 Å². The fraction of sp³-hybridized carbons (Fsp3) is 0.278. The molecule has 2 aliphatic rings. The van der Waals surface area contributed by atoms with E-state index in [1.54, 1.807) is 18.2 Å². The zero-order chi connectivity index (χ0) is 16.7. The maximum absolute atomic E-state index is 12.7. The molecular formula is C18H15Cl2NO3. The molecule has 4 nitrogen and oxygen atoms in total. The maximum Gasteiger partial charge on any atom is 0.253 e. The molecule has 0 saturated carbocycles. The number of rotatable bonds is 2. The van der Waals surface area contributed by atoms with Gasteiger partial charge in [-0.05, 0) is 42.3 Å². The first kappa shape index (κ1) is 15.6. The van der Waals surface area contributed by atoms with Crippen molar-refractivity contribution in [2.45, 2.75) is 12.3 Å². The van der Waals surface area contributed by atoms with Gasteiger partial charge in [-0.2, -0.15) is 0 Å². The Bertz CT molecular complexity index is 809. The third kappa shape index (κ3) is 2.80. The van der Waals surface area contributed by atoms with E-state index in [-0.39, 0.29) is 12.7 Å². The van der Waals surface area contributed by atoms with Crippen LogP contribution in [0.2, 0.25) is 10.0 Å². The van der Waals surface area contributed by atoms with Crippen molar-refractivity contribution < 1.29 is 14.3 Å². The van der Waals surface area contributed by atoms with Gasteiger partial charge in [0.05, 0.1) is 10.0 Å². The van der Waals surface area contributed by atoms with Gasteiger partial charge in [0.1, 0.15) is 0 Å². The summed E-state index contributed by atoms with van der Waals surface area (Å²) in [4.78, 5) is 14.5. The van der Waals surface area contributed by atoms with E-state index in [0.29, 0.717) is 28.1 Å². The Morgan fingerprint density at radius 2 is 1.88 bits per heavy atom. The summed E-state index contributed by atoms with van der Waals surface area (Å²) in [6.07, 6.45) is 0.923. The van der Waals surface area contributed by atoms with E-state index >= 15 is 0 Å². The Morgan fingerprint density at radius 1 is 1.04 bits per heavy atom. The number of ether oxygens (including phenoxy) is 2. The smallest absolute Gasteiger partial charge is 0.253 e. The summed E-state index contributed by atoms with van der Waals surface area (Å²) >= 11 is 11.9. The molecule has 0 bridgehead atoms. The largest absolute Gasteiger partial charge is 0.454 e. The van der Waals surface area contributed by atoms with Crippen LogP contribution in [0.3, 0.4) is 0 Å². The monoisotopic (exact) mass is 363 g/mol. The molecule has 2 aliphatic heterocycles. The van der Waals surface area contributed by atoms with Crippen LogP contribution in [0.1, 0.15) is 28.3 Å². The lowest BCUT2D eigenvalue weighted by molar-refractivity contribution is 0.0791.